The van der Waals surface area contributed by atoms with Crippen LogP contribution in [-0.4, -0.2) is 58.5 Å². The van der Waals surface area contributed by atoms with E-state index < -0.39 is 23.3 Å². The van der Waals surface area contributed by atoms with Crippen LogP contribution in [0.3, 0.4) is 0 Å². The first kappa shape index (κ1) is 28.5. The molecule has 1 N–H and O–H groups in total. The standard InChI is InChI=1S/C29H31F2N5O4/c1-29(2,3)40-28(38)33-20-7-6-12-35(15-20)26(37)17-36-16-21(18-9-11-25(39-5)23(31)13-18)27(34-36)19-8-10-24(32-4)22(30)14-19/h8-11,13-14,16,20H,6-7,12,15,17H2,1-3,5H3,(H,33,38)/t20-/m0/s1. The molecule has 3 aromatic rings. The second kappa shape index (κ2) is 11.7. The van der Waals surface area contributed by atoms with Crippen molar-refractivity contribution in [3.8, 4) is 28.1 Å². The number of nitrogens with one attached hydrogen (secondary N) is 1. The fraction of sp³-hybridized carbons (Fsp3) is 0.379. The van der Waals surface area contributed by atoms with E-state index in [-0.39, 0.29) is 29.9 Å². The van der Waals surface area contributed by atoms with Crippen molar-refractivity contribution >= 4 is 17.7 Å². The van der Waals surface area contributed by atoms with Gasteiger partial charge in [0, 0.05) is 36.5 Å². The van der Waals surface area contributed by atoms with E-state index in [1.807, 2.05) is 0 Å². The number of carbonyl (C=O) groups excluding carboxylic acids is 2. The van der Waals surface area contributed by atoms with E-state index >= 15 is 0 Å². The van der Waals surface area contributed by atoms with Gasteiger partial charge in [-0.05, 0) is 57.4 Å². The zero-order valence-electron chi connectivity index (χ0n) is 22.8. The van der Waals surface area contributed by atoms with Gasteiger partial charge in [0.15, 0.2) is 11.6 Å². The van der Waals surface area contributed by atoms with Gasteiger partial charge in [-0.1, -0.05) is 18.2 Å². The van der Waals surface area contributed by atoms with E-state index in [1.165, 1.54) is 36.1 Å². The van der Waals surface area contributed by atoms with Crippen LogP contribution in [0.25, 0.3) is 27.2 Å². The maximum absolute atomic E-state index is 14.6. The van der Waals surface area contributed by atoms with Crippen LogP contribution in [-0.2, 0) is 16.1 Å². The highest BCUT2D eigenvalue weighted by Crippen LogP contribution is 2.35. The van der Waals surface area contributed by atoms with E-state index in [4.69, 9.17) is 16.0 Å². The van der Waals surface area contributed by atoms with E-state index in [1.54, 1.807) is 44.0 Å². The topological polar surface area (TPSA) is 90.1 Å². The van der Waals surface area contributed by atoms with Crippen molar-refractivity contribution in [1.82, 2.24) is 20.0 Å². The summed E-state index contributed by atoms with van der Waals surface area (Å²) in [7, 11) is 1.36. The van der Waals surface area contributed by atoms with E-state index in [0.29, 0.717) is 48.3 Å². The fourth-order valence-electron chi connectivity index (χ4n) is 4.54. The first-order valence-electron chi connectivity index (χ1n) is 12.8. The largest absolute Gasteiger partial charge is 0.494 e. The van der Waals surface area contributed by atoms with Crippen LogP contribution >= 0.6 is 0 Å². The van der Waals surface area contributed by atoms with Gasteiger partial charge in [0.25, 0.3) is 0 Å². The normalized spacial score (nSPS) is 15.3. The molecule has 1 saturated heterocycles. The van der Waals surface area contributed by atoms with Crippen molar-refractivity contribution in [3.63, 3.8) is 0 Å². The maximum Gasteiger partial charge on any atom is 0.407 e. The Morgan fingerprint density at radius 1 is 1.15 bits per heavy atom. The first-order valence-corrected chi connectivity index (χ1v) is 12.8. The molecule has 1 aliphatic rings. The summed E-state index contributed by atoms with van der Waals surface area (Å²) in [6.45, 7) is 13.2. The molecule has 9 nitrogen and oxygen atoms in total. The number of hydrogen-bond acceptors (Lipinski definition) is 5. The number of halogens is 2. The molecule has 40 heavy (non-hydrogen) atoms. The zero-order valence-corrected chi connectivity index (χ0v) is 22.8. The average Bonchev–Trinajstić information content (AvgIpc) is 3.31. The molecular formula is C29H31F2N5O4. The number of amides is 2. The molecule has 1 aliphatic heterocycles. The Kier molecular flexibility index (Phi) is 8.38. The van der Waals surface area contributed by atoms with Crippen LogP contribution in [0.4, 0.5) is 19.3 Å². The molecule has 4 rings (SSSR count). The molecule has 0 saturated carbocycles. The van der Waals surface area contributed by atoms with E-state index in [2.05, 4.69) is 15.3 Å². The van der Waals surface area contributed by atoms with Crippen molar-refractivity contribution in [2.24, 2.45) is 0 Å². The van der Waals surface area contributed by atoms with Gasteiger partial charge < -0.3 is 19.7 Å². The highest BCUT2D eigenvalue weighted by molar-refractivity contribution is 5.82. The van der Waals surface area contributed by atoms with E-state index in [0.717, 1.165) is 0 Å². The third-order valence-corrected chi connectivity index (χ3v) is 6.36. The molecule has 1 atom stereocenters. The molecule has 1 aromatic heterocycles. The van der Waals surface area contributed by atoms with Gasteiger partial charge in [-0.2, -0.15) is 5.10 Å². The molecule has 210 valence electrons. The van der Waals surface area contributed by atoms with Crippen LogP contribution < -0.4 is 10.1 Å². The molecule has 1 fully saturated rings. The number of likely N-dealkylation sites (tertiary alicyclic amines) is 1. The number of aromatic nitrogens is 2. The molecule has 0 spiro atoms. The number of rotatable bonds is 6. The van der Waals surface area contributed by atoms with Crippen molar-refractivity contribution in [2.75, 3.05) is 20.2 Å². The summed E-state index contributed by atoms with van der Waals surface area (Å²) in [6.07, 6.45) is 2.50. The van der Waals surface area contributed by atoms with E-state index in [9.17, 15) is 18.4 Å². The predicted molar refractivity (Wildman–Crippen MR) is 145 cm³/mol. The van der Waals surface area contributed by atoms with Crippen molar-refractivity contribution in [1.29, 1.82) is 0 Å². The lowest BCUT2D eigenvalue weighted by molar-refractivity contribution is -0.133. The summed E-state index contributed by atoms with van der Waals surface area (Å²) in [5.74, 6) is -1.44. The molecule has 2 heterocycles. The first-order chi connectivity index (χ1) is 19.0. The summed E-state index contributed by atoms with van der Waals surface area (Å²) in [5.41, 5.74) is 0.886. The highest BCUT2D eigenvalue weighted by atomic mass is 19.1. The minimum Gasteiger partial charge on any atom is -0.494 e. The SMILES string of the molecule is [C-]#[N+]c1ccc(-c2nn(CC(=O)N3CCC[C@H](NC(=O)OC(C)(C)C)C3)cc2-c2ccc(OC)c(F)c2)cc1F. The van der Waals surface area contributed by atoms with Crippen LogP contribution in [0.2, 0.25) is 0 Å². The summed E-state index contributed by atoms with van der Waals surface area (Å²) in [5, 5.41) is 7.38. The lowest BCUT2D eigenvalue weighted by atomic mass is 10.0. The van der Waals surface area contributed by atoms with Crippen molar-refractivity contribution in [3.05, 3.63) is 65.6 Å². The zero-order chi connectivity index (χ0) is 29.0. The molecule has 0 radical (unpaired) electrons. The van der Waals surface area contributed by atoms with Gasteiger partial charge in [-0.3, -0.25) is 9.48 Å². The summed E-state index contributed by atoms with van der Waals surface area (Å²) >= 11 is 0. The molecular weight excluding hydrogens is 520 g/mol. The van der Waals surface area contributed by atoms with Gasteiger partial charge in [0.2, 0.25) is 11.6 Å². The van der Waals surface area contributed by atoms with Crippen molar-refractivity contribution in [2.45, 2.75) is 51.8 Å². The minimum atomic E-state index is -0.707. The Balaban J connectivity index is 1.58. The van der Waals surface area contributed by atoms with Crippen LogP contribution in [0, 0.1) is 18.2 Å². The Labute approximate surface area is 231 Å². The van der Waals surface area contributed by atoms with Gasteiger partial charge in [-0.25, -0.2) is 18.4 Å². The van der Waals surface area contributed by atoms with Crippen LogP contribution in [0.15, 0.2) is 42.6 Å². The maximum atomic E-state index is 14.6. The fourth-order valence-corrected chi connectivity index (χ4v) is 4.54. The predicted octanol–water partition coefficient (Wildman–Crippen LogP) is 5.57. The van der Waals surface area contributed by atoms with Gasteiger partial charge in [-0.15, -0.1) is 0 Å². The lowest BCUT2D eigenvalue weighted by Gasteiger charge is -2.33. The number of benzene rings is 2. The van der Waals surface area contributed by atoms with Gasteiger partial charge in [0.1, 0.15) is 23.7 Å². The number of hydrogen-bond donors (Lipinski definition) is 1. The van der Waals surface area contributed by atoms with Crippen molar-refractivity contribution < 1.29 is 27.8 Å². The Morgan fingerprint density at radius 3 is 2.52 bits per heavy atom. The Hall–Kier alpha value is -4.46. The highest BCUT2D eigenvalue weighted by Gasteiger charge is 2.27. The second-order valence-electron chi connectivity index (χ2n) is 10.5. The second-order valence-corrected chi connectivity index (χ2v) is 10.5. The van der Waals surface area contributed by atoms with Crippen LogP contribution in [0.1, 0.15) is 33.6 Å². The van der Waals surface area contributed by atoms with Gasteiger partial charge in [0.05, 0.1) is 13.7 Å². The molecule has 0 aliphatic carbocycles. The molecule has 11 heteroatoms. The third kappa shape index (κ3) is 6.75. The Morgan fingerprint density at radius 2 is 1.88 bits per heavy atom. The molecule has 2 amide bonds. The summed E-state index contributed by atoms with van der Waals surface area (Å²) in [6, 6.07) is 8.27. The number of nitrogens with zero attached hydrogens (tertiary/aromatic N) is 4. The molecule has 2 aromatic carbocycles. The molecule has 0 unspecified atom stereocenters. The number of methoxy groups -OCH3 is 1. The monoisotopic (exact) mass is 551 g/mol. The number of piperidine rings is 1. The quantitative estimate of drug-likeness (QED) is 0.405. The number of carbonyl (C=O) groups is 2. The van der Waals surface area contributed by atoms with Crippen LogP contribution in [0.5, 0.6) is 5.75 Å². The average molecular weight is 552 g/mol. The summed E-state index contributed by atoms with van der Waals surface area (Å²) in [4.78, 5) is 30.3. The minimum absolute atomic E-state index is 0.0694. The smallest absolute Gasteiger partial charge is 0.407 e. The molecule has 0 bridgehead atoms. The number of alkyl carbamates (subject to hydrolysis) is 1. The Bertz CT molecular complexity index is 1460. The van der Waals surface area contributed by atoms with Gasteiger partial charge >= 0.3 is 6.09 Å². The summed E-state index contributed by atoms with van der Waals surface area (Å²) < 4.78 is 40.8. The number of ether oxygens (including phenoxy) is 2. The lowest BCUT2D eigenvalue weighted by Crippen LogP contribution is -2.51. The third-order valence-electron chi connectivity index (χ3n) is 6.36.